The second kappa shape index (κ2) is 8.72. The molecule has 0 aliphatic rings. The van der Waals surface area contributed by atoms with Crippen LogP contribution < -0.4 is 10.6 Å². The number of aromatic nitrogens is 2. The first-order valence-corrected chi connectivity index (χ1v) is 5.79. The molecule has 0 aliphatic heterocycles. The molecule has 0 radical (unpaired) electrons. The number of ether oxygens (including phenoxy) is 1. The highest BCUT2D eigenvalue weighted by molar-refractivity contribution is 5.77. The molecule has 0 fully saturated rings. The summed E-state index contributed by atoms with van der Waals surface area (Å²) in [7, 11) is 1.63. The molecule has 6 heteroatoms. The number of imidazole rings is 1. The fourth-order valence-electron chi connectivity index (χ4n) is 1.30. The zero-order valence-corrected chi connectivity index (χ0v) is 10.2. The predicted octanol–water partition coefficient (Wildman–Crippen LogP) is -0.305. The van der Waals surface area contributed by atoms with Gasteiger partial charge in [0, 0.05) is 32.0 Å². The van der Waals surface area contributed by atoms with Crippen LogP contribution in [0.25, 0.3) is 0 Å². The zero-order valence-electron chi connectivity index (χ0n) is 10.2. The fourth-order valence-corrected chi connectivity index (χ4v) is 1.30. The van der Waals surface area contributed by atoms with Crippen LogP contribution in [-0.2, 0) is 16.0 Å². The van der Waals surface area contributed by atoms with Crippen LogP contribution in [0, 0.1) is 0 Å². The van der Waals surface area contributed by atoms with Gasteiger partial charge in [0.15, 0.2) is 0 Å². The minimum atomic E-state index is 0.00478. The highest BCUT2D eigenvalue weighted by atomic mass is 16.5. The SMILES string of the molecule is CNC(=O)CNCCCOCCc1cnc[nH]1. The monoisotopic (exact) mass is 240 g/mol. The molecule has 3 N–H and O–H groups in total. The molecule has 0 atom stereocenters. The van der Waals surface area contributed by atoms with Gasteiger partial charge in [-0.3, -0.25) is 4.79 Å². The van der Waals surface area contributed by atoms with Crippen LogP contribution in [0.15, 0.2) is 12.5 Å². The van der Waals surface area contributed by atoms with E-state index in [9.17, 15) is 4.79 Å². The van der Waals surface area contributed by atoms with E-state index in [0.29, 0.717) is 19.8 Å². The van der Waals surface area contributed by atoms with Gasteiger partial charge < -0.3 is 20.4 Å². The number of hydrogen-bond acceptors (Lipinski definition) is 4. The summed E-state index contributed by atoms with van der Waals surface area (Å²) < 4.78 is 5.45. The van der Waals surface area contributed by atoms with E-state index in [2.05, 4.69) is 20.6 Å². The van der Waals surface area contributed by atoms with Gasteiger partial charge in [-0.15, -0.1) is 0 Å². The molecule has 1 aromatic heterocycles. The van der Waals surface area contributed by atoms with Crippen molar-refractivity contribution in [1.29, 1.82) is 0 Å². The number of likely N-dealkylation sites (N-methyl/N-ethyl adjacent to an activating group) is 1. The number of rotatable bonds is 9. The Morgan fingerprint density at radius 2 is 2.41 bits per heavy atom. The van der Waals surface area contributed by atoms with Crippen LogP contribution in [0.2, 0.25) is 0 Å². The normalized spacial score (nSPS) is 10.4. The Kier molecular flexibility index (Phi) is 7.01. The summed E-state index contributed by atoms with van der Waals surface area (Å²) in [5, 5.41) is 5.58. The second-order valence-corrected chi connectivity index (χ2v) is 3.64. The minimum Gasteiger partial charge on any atom is -0.381 e. The number of nitrogens with zero attached hydrogens (tertiary/aromatic N) is 1. The Morgan fingerprint density at radius 1 is 1.53 bits per heavy atom. The summed E-state index contributed by atoms with van der Waals surface area (Å²) in [6.45, 7) is 2.55. The van der Waals surface area contributed by atoms with Crippen molar-refractivity contribution < 1.29 is 9.53 Å². The third-order valence-corrected chi connectivity index (χ3v) is 2.28. The summed E-state index contributed by atoms with van der Waals surface area (Å²) >= 11 is 0. The predicted molar refractivity (Wildman–Crippen MR) is 64.7 cm³/mol. The Bertz CT molecular complexity index is 300. The molecule has 0 unspecified atom stereocenters. The number of carbonyl (C=O) groups excluding carboxylic acids is 1. The lowest BCUT2D eigenvalue weighted by molar-refractivity contribution is -0.119. The van der Waals surface area contributed by atoms with Gasteiger partial charge in [-0.05, 0) is 13.0 Å². The number of aromatic amines is 1. The van der Waals surface area contributed by atoms with Crippen LogP contribution in [0.5, 0.6) is 0 Å². The first kappa shape index (κ1) is 13.7. The third-order valence-electron chi connectivity index (χ3n) is 2.28. The van der Waals surface area contributed by atoms with Crippen molar-refractivity contribution >= 4 is 5.91 Å². The molecule has 0 saturated carbocycles. The average molecular weight is 240 g/mol. The first-order chi connectivity index (χ1) is 8.33. The summed E-state index contributed by atoms with van der Waals surface area (Å²) in [5.41, 5.74) is 1.09. The molecule has 1 rings (SSSR count). The summed E-state index contributed by atoms with van der Waals surface area (Å²) in [6.07, 6.45) is 5.22. The minimum absolute atomic E-state index is 0.00478. The van der Waals surface area contributed by atoms with Gasteiger partial charge in [-0.1, -0.05) is 0 Å². The molecule has 17 heavy (non-hydrogen) atoms. The molecule has 1 amide bonds. The van der Waals surface area contributed by atoms with E-state index in [1.165, 1.54) is 0 Å². The second-order valence-electron chi connectivity index (χ2n) is 3.64. The standard InChI is InChI=1S/C11H20N4O2/c1-12-11(16)8-13-4-2-5-17-6-3-10-7-14-9-15-10/h7,9,13H,2-6,8H2,1H3,(H,12,16)(H,14,15). The number of H-pyrrole nitrogens is 1. The van der Waals surface area contributed by atoms with E-state index in [-0.39, 0.29) is 5.91 Å². The van der Waals surface area contributed by atoms with Crippen LogP contribution in [0.4, 0.5) is 0 Å². The van der Waals surface area contributed by atoms with Gasteiger partial charge in [-0.25, -0.2) is 4.98 Å². The lowest BCUT2D eigenvalue weighted by atomic mass is 10.3. The molecular formula is C11H20N4O2. The number of hydrogen-bond donors (Lipinski definition) is 3. The molecular weight excluding hydrogens is 220 g/mol. The van der Waals surface area contributed by atoms with Gasteiger partial charge in [0.2, 0.25) is 5.91 Å². The third kappa shape index (κ3) is 6.70. The number of carbonyl (C=O) groups is 1. The van der Waals surface area contributed by atoms with Gasteiger partial charge in [-0.2, -0.15) is 0 Å². The Balaban J connectivity index is 1.83. The highest BCUT2D eigenvalue weighted by Crippen LogP contribution is 1.93. The molecule has 6 nitrogen and oxygen atoms in total. The largest absolute Gasteiger partial charge is 0.381 e. The molecule has 0 spiro atoms. The van der Waals surface area contributed by atoms with Crippen molar-refractivity contribution in [3.8, 4) is 0 Å². The summed E-state index contributed by atoms with van der Waals surface area (Å²) in [4.78, 5) is 17.8. The van der Waals surface area contributed by atoms with E-state index in [1.54, 1.807) is 19.6 Å². The lowest BCUT2D eigenvalue weighted by Gasteiger charge is -2.05. The number of amides is 1. The van der Waals surface area contributed by atoms with Crippen LogP contribution in [-0.4, -0.2) is 49.2 Å². The maximum atomic E-state index is 10.9. The average Bonchev–Trinajstić information content (AvgIpc) is 2.85. The van der Waals surface area contributed by atoms with E-state index in [4.69, 9.17) is 4.74 Å². The zero-order chi connectivity index (χ0) is 12.3. The molecule has 0 bridgehead atoms. The smallest absolute Gasteiger partial charge is 0.233 e. The van der Waals surface area contributed by atoms with Crippen molar-refractivity contribution in [3.63, 3.8) is 0 Å². The Labute approximate surface area is 101 Å². The first-order valence-electron chi connectivity index (χ1n) is 5.79. The van der Waals surface area contributed by atoms with Gasteiger partial charge in [0.1, 0.15) is 0 Å². The van der Waals surface area contributed by atoms with Crippen LogP contribution >= 0.6 is 0 Å². The molecule has 0 aliphatic carbocycles. The van der Waals surface area contributed by atoms with Crippen molar-refractivity contribution in [2.45, 2.75) is 12.8 Å². The van der Waals surface area contributed by atoms with E-state index >= 15 is 0 Å². The van der Waals surface area contributed by atoms with E-state index < -0.39 is 0 Å². The van der Waals surface area contributed by atoms with Crippen molar-refractivity contribution in [1.82, 2.24) is 20.6 Å². The maximum absolute atomic E-state index is 10.9. The fraction of sp³-hybridized carbons (Fsp3) is 0.636. The maximum Gasteiger partial charge on any atom is 0.233 e. The quantitative estimate of drug-likeness (QED) is 0.518. The van der Waals surface area contributed by atoms with Gasteiger partial charge >= 0.3 is 0 Å². The summed E-state index contributed by atoms with van der Waals surface area (Å²) in [6, 6.07) is 0. The van der Waals surface area contributed by atoms with Crippen LogP contribution in [0.3, 0.4) is 0 Å². The molecule has 0 aromatic carbocycles. The molecule has 1 heterocycles. The molecule has 96 valence electrons. The van der Waals surface area contributed by atoms with Crippen LogP contribution in [0.1, 0.15) is 12.1 Å². The van der Waals surface area contributed by atoms with E-state index in [0.717, 1.165) is 25.1 Å². The molecule has 1 aromatic rings. The van der Waals surface area contributed by atoms with Gasteiger partial charge in [0.05, 0.1) is 19.5 Å². The van der Waals surface area contributed by atoms with Crippen molar-refractivity contribution in [2.75, 3.05) is 33.4 Å². The van der Waals surface area contributed by atoms with Crippen molar-refractivity contribution in [2.24, 2.45) is 0 Å². The topological polar surface area (TPSA) is 79.0 Å². The van der Waals surface area contributed by atoms with E-state index in [1.807, 2.05) is 0 Å². The van der Waals surface area contributed by atoms with Gasteiger partial charge in [0.25, 0.3) is 0 Å². The Hall–Kier alpha value is -1.40. The van der Waals surface area contributed by atoms with Crippen molar-refractivity contribution in [3.05, 3.63) is 18.2 Å². The Morgan fingerprint density at radius 3 is 3.12 bits per heavy atom. The highest BCUT2D eigenvalue weighted by Gasteiger charge is 1.96. The number of nitrogens with one attached hydrogen (secondary N) is 3. The molecule has 0 saturated heterocycles. The lowest BCUT2D eigenvalue weighted by Crippen LogP contribution is -2.32. The summed E-state index contributed by atoms with van der Waals surface area (Å²) in [5.74, 6) is 0.00478.